The number of aliphatic hydroxyl groups excluding tert-OH is 2. The van der Waals surface area contributed by atoms with Gasteiger partial charge in [0.15, 0.2) is 0 Å². The fraction of sp³-hybridized carbons (Fsp3) is 0.909. The lowest BCUT2D eigenvalue weighted by molar-refractivity contribution is -0.146. The molecule has 96 valence electrons. The van der Waals surface area contributed by atoms with Gasteiger partial charge in [-0.1, -0.05) is 20.3 Å². The second kappa shape index (κ2) is 9.57. The summed E-state index contributed by atoms with van der Waals surface area (Å²) in [5.41, 5.74) is 0. The average molecular weight is 233 g/mol. The maximum absolute atomic E-state index is 11.0. The van der Waals surface area contributed by atoms with Crippen molar-refractivity contribution in [3.63, 3.8) is 0 Å². The van der Waals surface area contributed by atoms with Crippen LogP contribution in [0.1, 0.15) is 39.5 Å². The molecular formula is C11H23NO4. The van der Waals surface area contributed by atoms with Gasteiger partial charge in [-0.3, -0.25) is 10.1 Å². The van der Waals surface area contributed by atoms with E-state index in [4.69, 9.17) is 4.74 Å². The average Bonchev–Trinajstić information content (AvgIpc) is 2.24. The molecule has 5 heteroatoms. The Morgan fingerprint density at radius 2 is 2.00 bits per heavy atom. The van der Waals surface area contributed by atoms with Gasteiger partial charge in [0.05, 0.1) is 0 Å². The fourth-order valence-corrected chi connectivity index (χ4v) is 1.17. The summed E-state index contributed by atoms with van der Waals surface area (Å²) >= 11 is 0. The van der Waals surface area contributed by atoms with Crippen molar-refractivity contribution in [2.24, 2.45) is 0 Å². The maximum atomic E-state index is 11.0. The van der Waals surface area contributed by atoms with Crippen molar-refractivity contribution < 1.29 is 19.7 Å². The van der Waals surface area contributed by atoms with E-state index in [1.807, 2.05) is 13.8 Å². The summed E-state index contributed by atoms with van der Waals surface area (Å²) in [4.78, 5) is 11.0. The van der Waals surface area contributed by atoms with Crippen LogP contribution in [-0.2, 0) is 9.53 Å². The molecule has 0 spiro atoms. The van der Waals surface area contributed by atoms with Gasteiger partial charge in [-0.15, -0.1) is 0 Å². The maximum Gasteiger partial charge on any atom is 0.305 e. The molecule has 0 aromatic carbocycles. The first-order valence-electron chi connectivity index (χ1n) is 5.85. The molecule has 16 heavy (non-hydrogen) atoms. The van der Waals surface area contributed by atoms with Crippen LogP contribution < -0.4 is 5.32 Å². The van der Waals surface area contributed by atoms with Crippen LogP contribution in [0.15, 0.2) is 0 Å². The van der Waals surface area contributed by atoms with Crippen molar-refractivity contribution >= 4 is 5.97 Å². The van der Waals surface area contributed by atoms with Gasteiger partial charge in [-0.25, -0.2) is 0 Å². The van der Waals surface area contributed by atoms with E-state index in [-0.39, 0.29) is 19.1 Å². The molecule has 5 nitrogen and oxygen atoms in total. The zero-order valence-corrected chi connectivity index (χ0v) is 10.1. The van der Waals surface area contributed by atoms with Crippen molar-refractivity contribution in [3.8, 4) is 0 Å². The summed E-state index contributed by atoms with van der Waals surface area (Å²) in [5, 5.41) is 21.5. The largest absolute Gasteiger partial charge is 0.463 e. The first-order valence-corrected chi connectivity index (χ1v) is 5.85. The molecule has 0 aromatic heterocycles. The number of hydrogen-bond donors (Lipinski definition) is 3. The fourth-order valence-electron chi connectivity index (χ4n) is 1.17. The SMILES string of the molecule is CCCC(=O)OC[C@H](O)CNC(O)CCC. The first kappa shape index (κ1) is 15.3. The third kappa shape index (κ3) is 8.64. The highest BCUT2D eigenvalue weighted by atomic mass is 16.5. The van der Waals surface area contributed by atoms with Crippen molar-refractivity contribution in [1.29, 1.82) is 0 Å². The van der Waals surface area contributed by atoms with Gasteiger partial charge in [0.2, 0.25) is 0 Å². The van der Waals surface area contributed by atoms with Crippen LogP contribution in [0.4, 0.5) is 0 Å². The summed E-state index contributed by atoms with van der Waals surface area (Å²) in [7, 11) is 0. The van der Waals surface area contributed by atoms with Crippen LogP contribution in [0, 0.1) is 0 Å². The molecule has 3 N–H and O–H groups in total. The Morgan fingerprint density at radius 1 is 1.31 bits per heavy atom. The molecule has 0 aromatic rings. The van der Waals surface area contributed by atoms with Gasteiger partial charge in [0.1, 0.15) is 18.9 Å². The van der Waals surface area contributed by atoms with Crippen molar-refractivity contribution in [2.45, 2.75) is 51.9 Å². The number of aliphatic hydroxyl groups is 2. The summed E-state index contributed by atoms with van der Waals surface area (Å²) in [6, 6.07) is 0. The van der Waals surface area contributed by atoms with Crippen LogP contribution in [0.3, 0.4) is 0 Å². The van der Waals surface area contributed by atoms with Crippen LogP contribution in [0.2, 0.25) is 0 Å². The predicted octanol–water partition coefficient (Wildman–Crippen LogP) is 0.399. The Balaban J connectivity index is 3.50. The molecule has 0 saturated carbocycles. The lowest BCUT2D eigenvalue weighted by Crippen LogP contribution is -2.37. The number of rotatable bonds is 9. The van der Waals surface area contributed by atoms with Gasteiger partial charge in [0, 0.05) is 13.0 Å². The predicted molar refractivity (Wildman–Crippen MR) is 60.8 cm³/mol. The standard InChI is InChI=1S/C11H23NO4/c1-3-5-10(14)12-7-9(13)8-16-11(15)6-4-2/h9-10,12-14H,3-8H2,1-2H3/t9-,10?/m1/s1. The Labute approximate surface area is 96.8 Å². The van der Waals surface area contributed by atoms with Crippen LogP contribution in [0.25, 0.3) is 0 Å². The molecule has 0 radical (unpaired) electrons. The van der Waals surface area contributed by atoms with E-state index in [1.165, 1.54) is 0 Å². The molecular weight excluding hydrogens is 210 g/mol. The van der Waals surface area contributed by atoms with E-state index in [1.54, 1.807) is 0 Å². The van der Waals surface area contributed by atoms with E-state index < -0.39 is 12.3 Å². The third-order valence-electron chi connectivity index (χ3n) is 2.04. The molecule has 0 aliphatic carbocycles. The highest BCUT2D eigenvalue weighted by Crippen LogP contribution is 1.95. The summed E-state index contributed by atoms with van der Waals surface area (Å²) in [5.74, 6) is -0.296. The minimum absolute atomic E-state index is 0.0231. The Morgan fingerprint density at radius 3 is 2.56 bits per heavy atom. The van der Waals surface area contributed by atoms with Crippen LogP contribution >= 0.6 is 0 Å². The first-order chi connectivity index (χ1) is 7.60. The lowest BCUT2D eigenvalue weighted by Gasteiger charge is -2.15. The van der Waals surface area contributed by atoms with Gasteiger partial charge in [0.25, 0.3) is 0 Å². The van der Waals surface area contributed by atoms with Gasteiger partial charge < -0.3 is 14.9 Å². The number of nitrogens with one attached hydrogen (secondary N) is 1. The molecule has 0 amide bonds. The van der Waals surface area contributed by atoms with Crippen molar-refractivity contribution in [2.75, 3.05) is 13.2 Å². The van der Waals surface area contributed by atoms with Crippen LogP contribution in [-0.4, -0.2) is 41.7 Å². The molecule has 0 bridgehead atoms. The molecule has 0 rings (SSSR count). The van der Waals surface area contributed by atoms with Crippen molar-refractivity contribution in [3.05, 3.63) is 0 Å². The molecule has 1 unspecified atom stereocenters. The number of esters is 1. The van der Waals surface area contributed by atoms with Crippen molar-refractivity contribution in [1.82, 2.24) is 5.32 Å². The number of ether oxygens (including phenoxy) is 1. The summed E-state index contributed by atoms with van der Waals surface area (Å²) < 4.78 is 4.83. The van der Waals surface area contributed by atoms with Crippen LogP contribution in [0.5, 0.6) is 0 Å². The zero-order chi connectivity index (χ0) is 12.4. The molecule has 0 aliphatic rings. The normalized spacial score (nSPS) is 14.5. The molecule has 0 heterocycles. The van der Waals surface area contributed by atoms with Gasteiger partial charge >= 0.3 is 5.97 Å². The molecule has 2 atom stereocenters. The van der Waals surface area contributed by atoms with E-state index in [0.717, 1.165) is 12.8 Å². The molecule has 0 saturated heterocycles. The number of carbonyl (C=O) groups excluding carboxylic acids is 1. The smallest absolute Gasteiger partial charge is 0.305 e. The third-order valence-corrected chi connectivity index (χ3v) is 2.04. The second-order valence-corrected chi connectivity index (χ2v) is 3.80. The Kier molecular flexibility index (Phi) is 9.18. The summed E-state index contributed by atoms with van der Waals surface area (Å²) in [6.45, 7) is 4.06. The quantitative estimate of drug-likeness (QED) is 0.397. The lowest BCUT2D eigenvalue weighted by atomic mass is 10.3. The van der Waals surface area contributed by atoms with E-state index >= 15 is 0 Å². The highest BCUT2D eigenvalue weighted by Gasteiger charge is 2.10. The Hall–Kier alpha value is -0.650. The second-order valence-electron chi connectivity index (χ2n) is 3.80. The van der Waals surface area contributed by atoms with E-state index in [2.05, 4.69) is 5.32 Å². The minimum Gasteiger partial charge on any atom is -0.463 e. The van der Waals surface area contributed by atoms with Gasteiger partial charge in [-0.2, -0.15) is 0 Å². The summed E-state index contributed by atoms with van der Waals surface area (Å²) in [6.07, 6.45) is 1.25. The Bertz CT molecular complexity index is 187. The number of carbonyl (C=O) groups is 1. The van der Waals surface area contributed by atoms with E-state index in [0.29, 0.717) is 12.8 Å². The van der Waals surface area contributed by atoms with Gasteiger partial charge in [-0.05, 0) is 12.8 Å². The molecule has 0 fully saturated rings. The number of hydrogen-bond acceptors (Lipinski definition) is 5. The minimum atomic E-state index is -0.771. The van der Waals surface area contributed by atoms with E-state index in [9.17, 15) is 15.0 Å². The molecule has 0 aliphatic heterocycles. The zero-order valence-electron chi connectivity index (χ0n) is 10.1. The highest BCUT2D eigenvalue weighted by molar-refractivity contribution is 5.69. The topological polar surface area (TPSA) is 78.8 Å². The monoisotopic (exact) mass is 233 g/mol.